The lowest BCUT2D eigenvalue weighted by atomic mass is 10.1. The first-order valence-electron chi connectivity index (χ1n) is 7.65. The third kappa shape index (κ3) is 2.37. The summed E-state index contributed by atoms with van der Waals surface area (Å²) in [5.74, 6) is 0. The van der Waals surface area contributed by atoms with Gasteiger partial charge in [-0.1, -0.05) is 49.7 Å². The van der Waals surface area contributed by atoms with E-state index in [1.165, 1.54) is 34.8 Å². The molecule has 0 fully saturated rings. The fourth-order valence-electron chi connectivity index (χ4n) is 3.15. The molecule has 2 aromatic carbocycles. The lowest BCUT2D eigenvalue weighted by molar-refractivity contribution is 0.652. The number of rotatable bonds is 3. The SMILES string of the molecule is CCCCn1c2c3ccccc3nc-2cc2ccccc21.I. The average molecular weight is 402 g/mol. The number of nitrogens with zero attached hydrogens (tertiary/aromatic N) is 2. The number of para-hydroxylation sites is 2. The highest BCUT2D eigenvalue weighted by atomic mass is 127. The molecule has 0 N–H and O–H groups in total. The first kappa shape index (κ1) is 15.3. The molecule has 2 aromatic rings. The first-order chi connectivity index (χ1) is 10.4. The highest BCUT2D eigenvalue weighted by molar-refractivity contribution is 14.0. The van der Waals surface area contributed by atoms with Crippen molar-refractivity contribution in [2.24, 2.45) is 0 Å². The van der Waals surface area contributed by atoms with Gasteiger partial charge in [-0.05, 0) is 24.6 Å². The molecule has 0 amide bonds. The van der Waals surface area contributed by atoms with Crippen molar-refractivity contribution >= 4 is 45.8 Å². The van der Waals surface area contributed by atoms with Gasteiger partial charge in [-0.25, -0.2) is 4.98 Å². The van der Waals surface area contributed by atoms with Crippen LogP contribution in [0.5, 0.6) is 0 Å². The molecule has 2 heterocycles. The molecular weight excluding hydrogens is 383 g/mol. The Labute approximate surface area is 147 Å². The van der Waals surface area contributed by atoms with Crippen LogP contribution in [0.25, 0.3) is 33.2 Å². The second-order valence-corrected chi connectivity index (χ2v) is 5.57. The second-order valence-electron chi connectivity index (χ2n) is 5.57. The summed E-state index contributed by atoms with van der Waals surface area (Å²) in [5, 5.41) is 2.53. The fraction of sp³-hybridized carbons (Fsp3) is 0.211. The van der Waals surface area contributed by atoms with Crippen LogP contribution >= 0.6 is 24.0 Å². The van der Waals surface area contributed by atoms with Crippen LogP contribution in [-0.4, -0.2) is 9.55 Å². The number of pyridine rings is 1. The van der Waals surface area contributed by atoms with Crippen molar-refractivity contribution in [1.29, 1.82) is 0 Å². The van der Waals surface area contributed by atoms with E-state index in [1.807, 2.05) is 0 Å². The number of benzene rings is 2. The minimum atomic E-state index is 0. The van der Waals surface area contributed by atoms with E-state index in [2.05, 4.69) is 66.1 Å². The third-order valence-electron chi connectivity index (χ3n) is 4.17. The van der Waals surface area contributed by atoms with Gasteiger partial charge in [-0.3, -0.25) is 0 Å². The van der Waals surface area contributed by atoms with Gasteiger partial charge in [-0.15, -0.1) is 24.0 Å². The van der Waals surface area contributed by atoms with E-state index in [0.29, 0.717) is 0 Å². The highest BCUT2D eigenvalue weighted by Crippen LogP contribution is 2.34. The Hall–Kier alpha value is -1.62. The third-order valence-corrected chi connectivity index (χ3v) is 4.17. The zero-order chi connectivity index (χ0) is 14.2. The summed E-state index contributed by atoms with van der Waals surface area (Å²) < 4.78 is 2.45. The molecule has 2 nitrogen and oxygen atoms in total. The Morgan fingerprint density at radius 2 is 1.77 bits per heavy atom. The van der Waals surface area contributed by atoms with E-state index in [9.17, 15) is 0 Å². The molecule has 3 heteroatoms. The van der Waals surface area contributed by atoms with Crippen molar-refractivity contribution < 1.29 is 0 Å². The van der Waals surface area contributed by atoms with Crippen molar-refractivity contribution in [1.82, 2.24) is 9.55 Å². The first-order valence-corrected chi connectivity index (χ1v) is 7.65. The van der Waals surface area contributed by atoms with E-state index in [1.54, 1.807) is 0 Å². The fourth-order valence-corrected chi connectivity index (χ4v) is 3.15. The normalized spacial score (nSPS) is 11.1. The minimum absolute atomic E-state index is 0. The van der Waals surface area contributed by atoms with Gasteiger partial charge < -0.3 is 4.57 Å². The van der Waals surface area contributed by atoms with E-state index in [4.69, 9.17) is 4.98 Å². The van der Waals surface area contributed by atoms with Crippen molar-refractivity contribution in [3.63, 3.8) is 0 Å². The monoisotopic (exact) mass is 402 g/mol. The van der Waals surface area contributed by atoms with Crippen molar-refractivity contribution in [3.8, 4) is 11.4 Å². The van der Waals surface area contributed by atoms with E-state index >= 15 is 0 Å². The number of aryl methyl sites for hydroxylation is 1. The van der Waals surface area contributed by atoms with Crippen molar-refractivity contribution in [2.75, 3.05) is 0 Å². The molecule has 22 heavy (non-hydrogen) atoms. The van der Waals surface area contributed by atoms with Crippen LogP contribution in [0.4, 0.5) is 0 Å². The summed E-state index contributed by atoms with van der Waals surface area (Å²) in [7, 11) is 0. The number of hydrogen-bond donors (Lipinski definition) is 0. The van der Waals surface area contributed by atoms with Gasteiger partial charge in [0.25, 0.3) is 0 Å². The Balaban J connectivity index is 0.00000144. The number of halogens is 1. The summed E-state index contributed by atoms with van der Waals surface area (Å²) >= 11 is 0. The molecule has 0 bridgehead atoms. The molecule has 0 aromatic heterocycles. The number of aromatic nitrogens is 2. The molecule has 112 valence electrons. The van der Waals surface area contributed by atoms with Crippen LogP contribution in [0.15, 0.2) is 54.6 Å². The number of fused-ring (bicyclic) bond motifs is 4. The maximum Gasteiger partial charge on any atom is 0.0887 e. The second kappa shape index (κ2) is 6.24. The van der Waals surface area contributed by atoms with Gasteiger partial charge in [0, 0.05) is 22.8 Å². The van der Waals surface area contributed by atoms with Crippen molar-refractivity contribution in [2.45, 2.75) is 26.3 Å². The zero-order valence-electron chi connectivity index (χ0n) is 12.6. The molecule has 2 aliphatic heterocycles. The quantitative estimate of drug-likeness (QED) is 0.401. The summed E-state index contributed by atoms with van der Waals surface area (Å²) in [6, 6.07) is 19.3. The average Bonchev–Trinajstić information content (AvgIpc) is 2.89. The Kier molecular flexibility index (Phi) is 4.34. The number of unbranched alkanes of at least 4 members (excludes halogenated alkanes) is 1. The summed E-state index contributed by atoms with van der Waals surface area (Å²) in [6.07, 6.45) is 2.39. The van der Waals surface area contributed by atoms with Crippen LogP contribution in [0.1, 0.15) is 19.8 Å². The molecule has 0 saturated carbocycles. The molecule has 0 atom stereocenters. The van der Waals surface area contributed by atoms with Gasteiger partial charge in [0.1, 0.15) is 0 Å². The van der Waals surface area contributed by atoms with Gasteiger partial charge >= 0.3 is 0 Å². The Bertz CT molecular complexity index is 894. The maximum atomic E-state index is 4.81. The molecule has 0 spiro atoms. The summed E-state index contributed by atoms with van der Waals surface area (Å²) in [5.41, 5.74) is 4.77. The van der Waals surface area contributed by atoms with Crippen molar-refractivity contribution in [3.05, 3.63) is 54.6 Å². The van der Waals surface area contributed by atoms with Crippen LogP contribution < -0.4 is 0 Å². The molecule has 0 radical (unpaired) electrons. The molecular formula is C19H19IN2. The molecule has 0 aliphatic carbocycles. The smallest absolute Gasteiger partial charge is 0.0887 e. The van der Waals surface area contributed by atoms with Gasteiger partial charge in [0.05, 0.1) is 16.9 Å². The zero-order valence-corrected chi connectivity index (χ0v) is 15.0. The largest absolute Gasteiger partial charge is 0.339 e. The van der Waals surface area contributed by atoms with E-state index in [0.717, 1.165) is 17.8 Å². The maximum absolute atomic E-state index is 4.81. The predicted octanol–water partition coefficient (Wildman–Crippen LogP) is 5.71. The number of hydrogen-bond acceptors (Lipinski definition) is 1. The van der Waals surface area contributed by atoms with Crippen LogP contribution in [0.3, 0.4) is 0 Å². The molecule has 4 rings (SSSR count). The lowest BCUT2D eigenvalue weighted by Crippen LogP contribution is -2.05. The van der Waals surface area contributed by atoms with E-state index < -0.39 is 0 Å². The Morgan fingerprint density at radius 3 is 2.64 bits per heavy atom. The predicted molar refractivity (Wildman–Crippen MR) is 104 cm³/mol. The van der Waals surface area contributed by atoms with Gasteiger partial charge in [0.2, 0.25) is 0 Å². The van der Waals surface area contributed by atoms with E-state index in [-0.39, 0.29) is 24.0 Å². The minimum Gasteiger partial charge on any atom is -0.339 e. The summed E-state index contributed by atoms with van der Waals surface area (Å²) in [6.45, 7) is 3.29. The molecule has 0 saturated heterocycles. The molecule has 2 aliphatic rings. The topological polar surface area (TPSA) is 17.8 Å². The molecule has 0 unspecified atom stereocenters. The Morgan fingerprint density at radius 1 is 1.00 bits per heavy atom. The van der Waals surface area contributed by atoms with Crippen LogP contribution in [-0.2, 0) is 6.54 Å². The van der Waals surface area contributed by atoms with Crippen LogP contribution in [0, 0.1) is 0 Å². The standard InChI is InChI=1S/C19H18N2.HI/c1-2-3-12-21-18-11-7-4-8-14(18)13-17-19(21)15-9-5-6-10-16(15)20-17;/h4-11,13H,2-3,12H2,1H3;1H. The summed E-state index contributed by atoms with van der Waals surface area (Å²) in [4.78, 5) is 4.81. The highest BCUT2D eigenvalue weighted by Gasteiger charge is 2.17. The van der Waals surface area contributed by atoms with Gasteiger partial charge in [-0.2, -0.15) is 0 Å². The van der Waals surface area contributed by atoms with Gasteiger partial charge in [0.15, 0.2) is 0 Å². The van der Waals surface area contributed by atoms with Crippen LogP contribution in [0.2, 0.25) is 0 Å². The lowest BCUT2D eigenvalue weighted by Gasteiger charge is -2.16.